The van der Waals surface area contributed by atoms with Gasteiger partial charge in [-0.2, -0.15) is 18.2 Å². The fraction of sp³-hybridized carbons (Fsp3) is 0.136. The molecule has 0 nitrogen and oxygen atoms in total. The maximum Gasteiger partial charge on any atom is -0.0279 e. The fourth-order valence-electron chi connectivity index (χ4n) is 2.37. The molecule has 0 amide bonds. The summed E-state index contributed by atoms with van der Waals surface area (Å²) in [5, 5.41) is 2.65. The molecule has 0 bridgehead atoms. The van der Waals surface area contributed by atoms with E-state index in [0.717, 1.165) is 6.42 Å². The van der Waals surface area contributed by atoms with E-state index >= 15 is 0 Å². The molecule has 0 spiro atoms. The van der Waals surface area contributed by atoms with Gasteiger partial charge in [-0.05, 0) is 5.56 Å². The Kier molecular flexibility index (Phi) is 10.8. The Morgan fingerprint density at radius 2 is 1.72 bits per heavy atom. The van der Waals surface area contributed by atoms with Gasteiger partial charge in [-0.15, -0.1) is 47.8 Å². The van der Waals surface area contributed by atoms with Gasteiger partial charge < -0.3 is 0 Å². The normalized spacial score (nSPS) is 11.0. The number of halogens is 1. The molecule has 0 unspecified atom stereocenters. The van der Waals surface area contributed by atoms with Gasteiger partial charge in [0.05, 0.1) is 0 Å². The Morgan fingerprint density at radius 3 is 2.28 bits per heavy atom. The number of benzene rings is 2. The molecule has 0 aromatic heterocycles. The number of hydrogen-bond acceptors (Lipinski definition) is 0. The van der Waals surface area contributed by atoms with Crippen LogP contribution in [0.15, 0.2) is 85.0 Å². The topological polar surface area (TPSA) is 0 Å². The Labute approximate surface area is 172 Å². The van der Waals surface area contributed by atoms with E-state index in [0.29, 0.717) is 0 Å². The third-order valence-corrected chi connectivity index (χ3v) is 3.35. The van der Waals surface area contributed by atoms with Crippen LogP contribution in [0.25, 0.3) is 21.9 Å². The van der Waals surface area contributed by atoms with Crippen LogP contribution in [0.2, 0.25) is 13.1 Å². The van der Waals surface area contributed by atoms with Crippen molar-refractivity contribution in [3.63, 3.8) is 0 Å². The molecule has 126 valence electrons. The van der Waals surface area contributed by atoms with E-state index in [2.05, 4.69) is 92.0 Å². The molecule has 0 N–H and O–H groups in total. The van der Waals surface area contributed by atoms with Crippen molar-refractivity contribution in [2.75, 3.05) is 0 Å². The quantitative estimate of drug-likeness (QED) is 0.289. The summed E-state index contributed by atoms with van der Waals surface area (Å²) in [7, 11) is 0. The van der Waals surface area contributed by atoms with Crippen LogP contribution >= 0.6 is 12.4 Å². The predicted octanol–water partition coefficient (Wildman–Crippen LogP) is 6.74. The van der Waals surface area contributed by atoms with Crippen molar-refractivity contribution in [2.45, 2.75) is 19.5 Å². The van der Waals surface area contributed by atoms with Crippen LogP contribution in [-0.4, -0.2) is 5.43 Å². The molecule has 0 heterocycles. The molecule has 1 aliphatic rings. The van der Waals surface area contributed by atoms with Crippen LogP contribution in [0, 0.1) is 6.08 Å². The van der Waals surface area contributed by atoms with E-state index in [9.17, 15) is 0 Å². The van der Waals surface area contributed by atoms with E-state index in [1.165, 1.54) is 21.9 Å². The van der Waals surface area contributed by atoms with Gasteiger partial charge in [-0.25, -0.2) is 12.2 Å². The summed E-state index contributed by atoms with van der Waals surface area (Å²) in [5.74, 6) is 0. The van der Waals surface area contributed by atoms with Crippen LogP contribution in [0.5, 0.6) is 0 Å². The molecule has 4 rings (SSSR count). The third kappa shape index (κ3) is 7.77. The smallest absolute Gasteiger partial charge is 0.0279 e. The molecule has 25 heavy (non-hydrogen) atoms. The molecule has 0 aliphatic heterocycles. The van der Waals surface area contributed by atoms with Gasteiger partial charge >= 0.3 is 41.9 Å². The molecule has 0 atom stereocenters. The second kappa shape index (κ2) is 12.3. The van der Waals surface area contributed by atoms with Crippen molar-refractivity contribution < 1.29 is 23.3 Å². The van der Waals surface area contributed by atoms with E-state index in [1.807, 2.05) is 12.2 Å². The van der Waals surface area contributed by atoms with Gasteiger partial charge in [0.15, 0.2) is 0 Å². The zero-order chi connectivity index (χ0) is 17.2. The zero-order valence-electron chi connectivity index (χ0n) is 14.7. The first-order valence-corrected chi connectivity index (χ1v) is 14.3. The van der Waals surface area contributed by atoms with Crippen molar-refractivity contribution in [2.24, 2.45) is 0 Å². The molecule has 0 saturated carbocycles. The van der Waals surface area contributed by atoms with Gasteiger partial charge in [0.25, 0.3) is 0 Å². The summed E-state index contributed by atoms with van der Waals surface area (Å²) in [4.78, 5) is 0. The zero-order valence-corrected chi connectivity index (χ0v) is 19.0. The summed E-state index contributed by atoms with van der Waals surface area (Å²) in [6.07, 6.45) is 10.0. The van der Waals surface area contributed by atoms with Crippen LogP contribution in [0.4, 0.5) is 0 Å². The molecule has 3 heteroatoms. The number of hydrogen-bond donors (Lipinski definition) is 0. The van der Waals surface area contributed by atoms with Gasteiger partial charge in [0, 0.05) is 0 Å². The molecule has 1 aliphatic carbocycles. The molecule has 0 radical (unpaired) electrons. The van der Waals surface area contributed by atoms with Crippen molar-refractivity contribution in [1.29, 1.82) is 0 Å². The average molecular weight is 442 g/mol. The van der Waals surface area contributed by atoms with E-state index in [4.69, 9.17) is 0 Å². The minimum absolute atomic E-state index is 0. The van der Waals surface area contributed by atoms with Crippen LogP contribution < -0.4 is 0 Å². The van der Waals surface area contributed by atoms with Gasteiger partial charge in [-0.1, -0.05) is 42.0 Å². The molecule has 0 fully saturated rings. The third-order valence-electron chi connectivity index (χ3n) is 3.35. The maximum atomic E-state index is 2.99. The largest absolute Gasteiger partial charge is 0.273 e. The van der Waals surface area contributed by atoms with Crippen LogP contribution in [-0.2, 0) is 23.3 Å². The first-order valence-electron chi connectivity index (χ1n) is 8.12. The predicted molar refractivity (Wildman–Crippen MR) is 111 cm³/mol. The standard InChI is InChI=1S/C15H11.C5H5.C2H6Si.ClH.Zr/c1-2-6-12(7-3-1)14-10-4-8-13-9-5-11-15(13)14;1-2-4-5-3-1;1-3-2;;/h1-11H;1-3H,4H2;1-2H3;1H;/q2*-1;;;+2. The number of fused-ring (bicyclic) bond motifs is 1. The number of rotatable bonds is 1. The van der Waals surface area contributed by atoms with E-state index < -0.39 is 0 Å². The Bertz CT molecular complexity index is 817. The maximum absolute atomic E-state index is 2.99. The Hall–Kier alpha value is -1.08. The molecular formula is C22H23ClSiZr. The molecular weight excluding hydrogens is 419 g/mol. The average Bonchev–Trinajstić information content (AvgIpc) is 3.29. The van der Waals surface area contributed by atoms with Gasteiger partial charge in [-0.3, -0.25) is 6.08 Å². The van der Waals surface area contributed by atoms with Crippen molar-refractivity contribution in [3.8, 4) is 11.1 Å². The van der Waals surface area contributed by atoms with Gasteiger partial charge in [0.1, 0.15) is 0 Å². The van der Waals surface area contributed by atoms with Crippen molar-refractivity contribution in [3.05, 3.63) is 91.0 Å². The van der Waals surface area contributed by atoms with Crippen LogP contribution in [0.1, 0.15) is 6.42 Å². The van der Waals surface area contributed by atoms with Crippen molar-refractivity contribution in [1.82, 2.24) is 0 Å². The fourth-order valence-corrected chi connectivity index (χ4v) is 2.37. The minimum atomic E-state index is 0. The summed E-state index contributed by atoms with van der Waals surface area (Å²) in [5.41, 5.74) is 2.81. The molecule has 3 aromatic rings. The molecule has 0 saturated heterocycles. The minimum Gasteiger partial charge on any atom is -0.273 e. The summed E-state index contributed by atoms with van der Waals surface area (Å²) in [6.45, 7) is 4.62. The van der Waals surface area contributed by atoms with Crippen molar-refractivity contribution >= 4 is 28.6 Å². The Morgan fingerprint density at radius 1 is 1.00 bits per heavy atom. The first-order chi connectivity index (χ1) is 11.7. The second-order valence-electron chi connectivity index (χ2n) is 5.70. The Balaban J connectivity index is 0.000000262. The SMILES string of the molecule is C[Si](C)=[Zr+2].Cl.[C-]1=CC=CC1.c1ccc(-c2cccc3[cH-]ccc23)cc1. The number of allylic oxidation sites excluding steroid dienone is 4. The first kappa shape index (κ1) is 22.0. The van der Waals surface area contributed by atoms with Gasteiger partial charge in [0.2, 0.25) is 0 Å². The van der Waals surface area contributed by atoms with Crippen LogP contribution in [0.3, 0.4) is 0 Å². The second-order valence-corrected chi connectivity index (χ2v) is 15.1. The monoisotopic (exact) mass is 440 g/mol. The van der Waals surface area contributed by atoms with E-state index in [-0.39, 0.29) is 17.8 Å². The summed E-state index contributed by atoms with van der Waals surface area (Å²) in [6, 6.07) is 23.4. The van der Waals surface area contributed by atoms with E-state index in [1.54, 1.807) is 23.3 Å². The summed E-state index contributed by atoms with van der Waals surface area (Å²) >= 11 is 1.74. The molecule has 3 aromatic carbocycles. The summed E-state index contributed by atoms with van der Waals surface area (Å²) < 4.78 is 0.